The maximum atomic E-state index is 11.2. The largest absolute Gasteiger partial charge is 0.469 e. The van der Waals surface area contributed by atoms with Crippen molar-refractivity contribution in [3.8, 4) is 0 Å². The highest BCUT2D eigenvalue weighted by molar-refractivity contribution is 5.68. The number of esters is 1. The molecule has 1 rings (SSSR count). The lowest BCUT2D eigenvalue weighted by Gasteiger charge is -2.01. The molecule has 1 saturated heterocycles. The van der Waals surface area contributed by atoms with E-state index in [4.69, 9.17) is 8.85 Å². The first-order chi connectivity index (χ1) is 11.4. The highest BCUT2D eigenvalue weighted by Gasteiger charge is 2.36. The van der Waals surface area contributed by atoms with Crippen LogP contribution in [0.4, 0.5) is 0 Å². The van der Waals surface area contributed by atoms with Gasteiger partial charge in [-0.05, 0) is 19.3 Å². The molecule has 0 aromatic rings. The van der Waals surface area contributed by atoms with Gasteiger partial charge in [-0.15, -0.1) is 0 Å². The maximum absolute atomic E-state index is 11.2. The number of hydrogen-bond donors (Lipinski definition) is 0. The molecule has 3 nitrogen and oxygen atoms in total. The van der Waals surface area contributed by atoms with Crippen LogP contribution in [0.3, 0.4) is 0 Å². The quantitative estimate of drug-likeness (QED) is 0.257. The first-order valence-electron chi connectivity index (χ1n) is 10.3. The molecular weight excluding hydrogens is 264 g/mol. The maximum Gasteiger partial charge on any atom is 0.305 e. The molecule has 0 aromatic heterocycles. The lowest BCUT2D eigenvalue weighted by molar-refractivity contribution is -0.140. The number of carbonyl (C=O) groups excluding carboxylic acids is 1. The van der Waals surface area contributed by atoms with Gasteiger partial charge in [-0.25, -0.2) is 0 Å². The summed E-state index contributed by atoms with van der Waals surface area (Å²) in [5, 5.41) is 0. The van der Waals surface area contributed by atoms with Gasteiger partial charge in [0.15, 0.2) is 0 Å². The van der Waals surface area contributed by atoms with Crippen molar-refractivity contribution in [2.24, 2.45) is 0 Å². The van der Waals surface area contributed by atoms with Gasteiger partial charge >= 0.3 is 5.97 Å². The minimum atomic E-state index is -2.60. The zero-order valence-corrected chi connectivity index (χ0v) is 13.6. The molecule has 0 radical (unpaired) electrons. The van der Waals surface area contributed by atoms with Crippen LogP contribution in [0.25, 0.3) is 0 Å². The monoisotopic (exact) mass is 301 g/mol. The lowest BCUT2D eigenvalue weighted by Crippen LogP contribution is -1.99. The van der Waals surface area contributed by atoms with Gasteiger partial charge < -0.3 is 9.47 Å². The molecule has 2 atom stereocenters. The van der Waals surface area contributed by atoms with E-state index in [1.807, 2.05) is 0 Å². The highest BCUT2D eigenvalue weighted by atomic mass is 16.6. The third kappa shape index (κ3) is 9.89. The molecule has 0 spiro atoms. The molecule has 1 fully saturated rings. The second-order valence-corrected chi connectivity index (χ2v) is 6.20. The van der Waals surface area contributed by atoms with Gasteiger partial charge in [0.2, 0.25) is 0 Å². The Morgan fingerprint density at radius 3 is 2.14 bits per heavy atom. The molecule has 0 saturated carbocycles. The van der Waals surface area contributed by atoms with Crippen molar-refractivity contribution in [2.75, 3.05) is 7.04 Å². The van der Waals surface area contributed by atoms with Crippen LogP contribution in [-0.2, 0) is 14.3 Å². The van der Waals surface area contributed by atoms with Gasteiger partial charge in [0.05, 0.1) is 23.4 Å². The van der Waals surface area contributed by atoms with Gasteiger partial charge in [0, 0.05) is 6.42 Å². The average molecular weight is 301 g/mol. The molecule has 0 aliphatic carbocycles. The molecule has 0 aromatic carbocycles. The Labute approximate surface area is 135 Å². The Morgan fingerprint density at radius 2 is 1.52 bits per heavy atom. The molecule has 1 aliphatic rings. The van der Waals surface area contributed by atoms with Crippen molar-refractivity contribution in [1.29, 1.82) is 0 Å². The second kappa shape index (κ2) is 12.0. The van der Waals surface area contributed by atoms with E-state index < -0.39 is 13.0 Å². The third-order valence-electron chi connectivity index (χ3n) is 4.26. The van der Waals surface area contributed by atoms with Gasteiger partial charge in [0.1, 0.15) is 0 Å². The summed E-state index contributed by atoms with van der Waals surface area (Å²) in [6, 6.07) is 0. The van der Waals surface area contributed by atoms with E-state index in [1.165, 1.54) is 57.8 Å². The Balaban J connectivity index is 1.81. The molecule has 0 amide bonds. The molecule has 0 unspecified atom stereocenters. The smallest absolute Gasteiger partial charge is 0.305 e. The molecular formula is C18H34O3. The minimum Gasteiger partial charge on any atom is -0.469 e. The van der Waals surface area contributed by atoms with Crippen molar-refractivity contribution in [2.45, 2.75) is 103 Å². The van der Waals surface area contributed by atoms with E-state index in [1.54, 1.807) is 0 Å². The molecule has 1 heterocycles. The van der Waals surface area contributed by atoms with Crippen LogP contribution in [-0.4, -0.2) is 25.2 Å². The Hall–Kier alpha value is -0.570. The van der Waals surface area contributed by atoms with Crippen molar-refractivity contribution in [1.82, 2.24) is 0 Å². The number of hydrogen-bond acceptors (Lipinski definition) is 3. The zero-order chi connectivity index (χ0) is 17.8. The summed E-state index contributed by atoms with van der Waals surface area (Å²) in [5.74, 6) is -0.620. The van der Waals surface area contributed by atoms with Crippen LogP contribution in [0.15, 0.2) is 0 Å². The predicted octanol–water partition coefficient (Wildman–Crippen LogP) is 5.02. The van der Waals surface area contributed by atoms with Crippen LogP contribution in [0, 0.1) is 0 Å². The SMILES string of the molecule is [2H]C([2H])([2H])OC(=O)CCCCCCCC[C@H]1O[C@H]1CCCCCC. The topological polar surface area (TPSA) is 38.8 Å². The summed E-state index contributed by atoms with van der Waals surface area (Å²) in [7, 11) is -2.60. The fourth-order valence-corrected chi connectivity index (χ4v) is 2.83. The lowest BCUT2D eigenvalue weighted by atomic mass is 10.0. The Kier molecular flexibility index (Phi) is 8.04. The fraction of sp³-hybridized carbons (Fsp3) is 0.944. The molecule has 21 heavy (non-hydrogen) atoms. The van der Waals surface area contributed by atoms with Gasteiger partial charge in [0.25, 0.3) is 0 Å². The number of carbonyl (C=O) groups is 1. The van der Waals surface area contributed by atoms with E-state index >= 15 is 0 Å². The van der Waals surface area contributed by atoms with Crippen LogP contribution >= 0.6 is 0 Å². The normalized spacial score (nSPS) is 23.2. The van der Waals surface area contributed by atoms with Crippen molar-refractivity contribution in [3.63, 3.8) is 0 Å². The number of epoxide rings is 1. The number of methoxy groups -OCH3 is 1. The summed E-state index contributed by atoms with van der Waals surface area (Å²) < 4.78 is 30.6. The van der Waals surface area contributed by atoms with E-state index in [-0.39, 0.29) is 6.42 Å². The van der Waals surface area contributed by atoms with Crippen LogP contribution < -0.4 is 0 Å². The molecule has 1 aliphatic heterocycles. The summed E-state index contributed by atoms with van der Waals surface area (Å²) in [6.45, 7) is 2.24. The van der Waals surface area contributed by atoms with E-state index in [9.17, 15) is 4.79 Å². The number of unbranched alkanes of at least 4 members (excludes halogenated alkanes) is 8. The van der Waals surface area contributed by atoms with Crippen LogP contribution in [0.1, 0.15) is 94.5 Å². The van der Waals surface area contributed by atoms with Gasteiger partial charge in [-0.3, -0.25) is 4.79 Å². The first-order valence-corrected chi connectivity index (χ1v) is 8.79. The molecule has 3 heteroatoms. The summed E-state index contributed by atoms with van der Waals surface area (Å²) >= 11 is 0. The van der Waals surface area contributed by atoms with Crippen LogP contribution in [0.5, 0.6) is 0 Å². The number of rotatable bonds is 14. The second-order valence-electron chi connectivity index (χ2n) is 6.20. The van der Waals surface area contributed by atoms with Crippen molar-refractivity contribution >= 4 is 5.97 Å². The standard InChI is InChI=1S/C18H34O3/c1-3-4-5-10-13-16-17(21-16)14-11-8-6-7-9-12-15-18(19)20-2/h16-17H,3-15H2,1-2H3/t16-,17+/m0/s1/i2D3. The predicted molar refractivity (Wildman–Crippen MR) is 86.4 cm³/mol. The van der Waals surface area contributed by atoms with Crippen LogP contribution in [0.2, 0.25) is 0 Å². The average Bonchev–Trinajstić information content (AvgIpc) is 3.23. The Bertz CT molecular complexity index is 345. The van der Waals surface area contributed by atoms with Crippen molar-refractivity contribution in [3.05, 3.63) is 0 Å². The summed E-state index contributed by atoms with van der Waals surface area (Å²) in [4.78, 5) is 11.2. The Morgan fingerprint density at radius 1 is 0.952 bits per heavy atom. The van der Waals surface area contributed by atoms with Gasteiger partial charge in [-0.2, -0.15) is 0 Å². The van der Waals surface area contributed by atoms with Gasteiger partial charge in [-0.1, -0.05) is 64.7 Å². The first kappa shape index (κ1) is 14.0. The highest BCUT2D eigenvalue weighted by Crippen LogP contribution is 2.31. The fourth-order valence-electron chi connectivity index (χ4n) is 2.83. The number of ether oxygens (including phenoxy) is 2. The van der Waals surface area contributed by atoms with E-state index in [2.05, 4.69) is 11.7 Å². The van der Waals surface area contributed by atoms with E-state index in [0.29, 0.717) is 18.6 Å². The third-order valence-corrected chi connectivity index (χ3v) is 4.26. The zero-order valence-electron chi connectivity index (χ0n) is 16.6. The molecule has 0 bridgehead atoms. The minimum absolute atomic E-state index is 0.202. The summed E-state index contributed by atoms with van der Waals surface area (Å²) in [5.41, 5.74) is 0. The van der Waals surface area contributed by atoms with E-state index in [0.717, 1.165) is 12.8 Å². The summed E-state index contributed by atoms with van der Waals surface area (Å²) in [6.07, 6.45) is 15.3. The van der Waals surface area contributed by atoms with Crippen molar-refractivity contribution < 1.29 is 18.4 Å². The molecule has 124 valence electrons. The molecule has 0 N–H and O–H groups in total.